The number of aryl methyl sites for hydroxylation is 1. The maximum atomic E-state index is 5.90. The van der Waals surface area contributed by atoms with E-state index >= 15 is 0 Å². The average Bonchev–Trinajstić information content (AvgIpc) is 2.53. The normalized spacial score (nSPS) is 13.4. The van der Waals surface area contributed by atoms with Gasteiger partial charge in [0.25, 0.3) is 0 Å². The number of nitrogens with one attached hydrogen (secondary N) is 1. The van der Waals surface area contributed by atoms with Gasteiger partial charge in [-0.1, -0.05) is 43.3 Å². The van der Waals surface area contributed by atoms with Gasteiger partial charge in [0.2, 0.25) is 0 Å². The zero-order valence-electron chi connectivity index (χ0n) is 12.0. The second kappa shape index (κ2) is 6.00. The van der Waals surface area contributed by atoms with Crippen molar-refractivity contribution in [2.24, 2.45) is 0 Å². The summed E-state index contributed by atoms with van der Waals surface area (Å²) < 4.78 is 5.90. The number of ether oxygens (including phenoxy) is 1. The molecule has 0 radical (unpaired) electrons. The standard InChI is InChI=1S/C18H21NO/c1-2-13-20-17-11-4-3-9-15(17)16-10-5-7-14-8-6-12-19-18(14)16/h3-5,7,9-11,19H,2,6,8,12-13H2,1H3. The summed E-state index contributed by atoms with van der Waals surface area (Å²) in [5, 5.41) is 3.56. The van der Waals surface area contributed by atoms with Crippen LogP contribution >= 0.6 is 0 Å². The molecular weight excluding hydrogens is 246 g/mol. The van der Waals surface area contributed by atoms with Gasteiger partial charge >= 0.3 is 0 Å². The Labute approximate surface area is 120 Å². The molecule has 0 saturated carbocycles. The van der Waals surface area contributed by atoms with Crippen LogP contribution in [0.25, 0.3) is 11.1 Å². The van der Waals surface area contributed by atoms with Gasteiger partial charge in [-0.25, -0.2) is 0 Å². The van der Waals surface area contributed by atoms with Gasteiger partial charge in [0.1, 0.15) is 5.75 Å². The number of para-hydroxylation sites is 2. The first-order chi connectivity index (χ1) is 9.90. The summed E-state index contributed by atoms with van der Waals surface area (Å²) >= 11 is 0. The van der Waals surface area contributed by atoms with Crippen LogP contribution in [0.4, 0.5) is 5.69 Å². The van der Waals surface area contributed by atoms with E-state index in [0.29, 0.717) is 0 Å². The highest BCUT2D eigenvalue weighted by atomic mass is 16.5. The lowest BCUT2D eigenvalue weighted by molar-refractivity contribution is 0.319. The van der Waals surface area contributed by atoms with Crippen LogP contribution in [0.5, 0.6) is 5.75 Å². The zero-order valence-corrected chi connectivity index (χ0v) is 12.0. The molecule has 1 heterocycles. The predicted molar refractivity (Wildman–Crippen MR) is 84.5 cm³/mol. The van der Waals surface area contributed by atoms with Crippen LogP contribution in [-0.2, 0) is 6.42 Å². The summed E-state index contributed by atoms with van der Waals surface area (Å²) in [7, 11) is 0. The predicted octanol–water partition coefficient (Wildman–Crippen LogP) is 4.50. The maximum Gasteiger partial charge on any atom is 0.127 e. The molecule has 2 heteroatoms. The zero-order chi connectivity index (χ0) is 13.8. The highest BCUT2D eigenvalue weighted by molar-refractivity contribution is 5.84. The molecule has 0 aliphatic carbocycles. The molecule has 0 spiro atoms. The Bertz CT molecular complexity index is 592. The van der Waals surface area contributed by atoms with E-state index in [9.17, 15) is 0 Å². The van der Waals surface area contributed by atoms with Gasteiger partial charge in [-0.15, -0.1) is 0 Å². The van der Waals surface area contributed by atoms with Crippen LogP contribution in [0.3, 0.4) is 0 Å². The van der Waals surface area contributed by atoms with E-state index in [1.165, 1.54) is 28.8 Å². The maximum absolute atomic E-state index is 5.90. The highest BCUT2D eigenvalue weighted by Crippen LogP contribution is 2.38. The molecule has 0 bridgehead atoms. The van der Waals surface area contributed by atoms with Crippen molar-refractivity contribution in [3.63, 3.8) is 0 Å². The summed E-state index contributed by atoms with van der Waals surface area (Å²) in [5.41, 5.74) is 5.14. The van der Waals surface area contributed by atoms with Gasteiger partial charge in [-0.2, -0.15) is 0 Å². The molecule has 0 unspecified atom stereocenters. The minimum atomic E-state index is 0.763. The van der Waals surface area contributed by atoms with Crippen LogP contribution in [0.1, 0.15) is 25.3 Å². The van der Waals surface area contributed by atoms with E-state index in [1.807, 2.05) is 6.07 Å². The minimum Gasteiger partial charge on any atom is -0.493 e. The van der Waals surface area contributed by atoms with Gasteiger partial charge in [-0.05, 0) is 30.9 Å². The van der Waals surface area contributed by atoms with E-state index < -0.39 is 0 Å². The van der Waals surface area contributed by atoms with Crippen molar-refractivity contribution in [3.05, 3.63) is 48.0 Å². The smallest absolute Gasteiger partial charge is 0.127 e. The summed E-state index contributed by atoms with van der Waals surface area (Å²) in [6.45, 7) is 3.95. The van der Waals surface area contributed by atoms with Gasteiger partial charge in [-0.3, -0.25) is 0 Å². The van der Waals surface area contributed by atoms with Crippen molar-refractivity contribution in [1.29, 1.82) is 0 Å². The third-order valence-electron chi connectivity index (χ3n) is 3.71. The van der Waals surface area contributed by atoms with Crippen molar-refractivity contribution in [2.75, 3.05) is 18.5 Å². The van der Waals surface area contributed by atoms with Crippen molar-refractivity contribution in [3.8, 4) is 16.9 Å². The Morgan fingerprint density at radius 3 is 2.80 bits per heavy atom. The molecule has 1 N–H and O–H groups in total. The topological polar surface area (TPSA) is 21.3 Å². The van der Waals surface area contributed by atoms with Crippen molar-refractivity contribution < 1.29 is 4.74 Å². The SMILES string of the molecule is CCCOc1ccccc1-c1cccc2c1NCCC2. The van der Waals surface area contributed by atoms with Crippen LogP contribution in [0.15, 0.2) is 42.5 Å². The fraction of sp³-hybridized carbons (Fsp3) is 0.333. The molecule has 20 heavy (non-hydrogen) atoms. The number of fused-ring (bicyclic) bond motifs is 1. The highest BCUT2D eigenvalue weighted by Gasteiger charge is 2.15. The van der Waals surface area contributed by atoms with Crippen LogP contribution in [0, 0.1) is 0 Å². The van der Waals surface area contributed by atoms with Gasteiger partial charge in [0, 0.05) is 23.4 Å². The van der Waals surface area contributed by atoms with Gasteiger partial charge in [0.15, 0.2) is 0 Å². The monoisotopic (exact) mass is 267 g/mol. The lowest BCUT2D eigenvalue weighted by Gasteiger charge is -2.22. The summed E-state index contributed by atoms with van der Waals surface area (Å²) in [6, 6.07) is 14.9. The molecule has 0 atom stereocenters. The molecule has 3 rings (SSSR count). The quantitative estimate of drug-likeness (QED) is 0.880. The molecule has 2 aromatic carbocycles. The molecule has 0 saturated heterocycles. The fourth-order valence-electron chi connectivity index (χ4n) is 2.76. The lowest BCUT2D eigenvalue weighted by Crippen LogP contribution is -2.12. The molecule has 0 aromatic heterocycles. The number of hydrogen-bond donors (Lipinski definition) is 1. The Morgan fingerprint density at radius 2 is 1.90 bits per heavy atom. The van der Waals surface area contributed by atoms with E-state index in [0.717, 1.165) is 31.7 Å². The van der Waals surface area contributed by atoms with E-state index in [1.54, 1.807) is 0 Å². The average molecular weight is 267 g/mol. The molecule has 2 aromatic rings. The Kier molecular flexibility index (Phi) is 3.91. The first kappa shape index (κ1) is 13.0. The third-order valence-corrected chi connectivity index (χ3v) is 3.71. The molecule has 2 nitrogen and oxygen atoms in total. The molecule has 0 amide bonds. The van der Waals surface area contributed by atoms with Gasteiger partial charge in [0.05, 0.1) is 6.61 Å². The molecule has 1 aliphatic rings. The molecule has 104 valence electrons. The largest absolute Gasteiger partial charge is 0.493 e. The Hall–Kier alpha value is -1.96. The summed E-state index contributed by atoms with van der Waals surface area (Å²) in [4.78, 5) is 0. The Balaban J connectivity index is 2.05. The first-order valence-electron chi connectivity index (χ1n) is 7.48. The molecular formula is C18H21NO. The fourth-order valence-corrected chi connectivity index (χ4v) is 2.76. The second-order valence-electron chi connectivity index (χ2n) is 5.21. The lowest BCUT2D eigenvalue weighted by atomic mass is 9.95. The number of rotatable bonds is 4. The summed E-state index contributed by atoms with van der Waals surface area (Å²) in [6.07, 6.45) is 3.40. The van der Waals surface area contributed by atoms with Gasteiger partial charge < -0.3 is 10.1 Å². The Morgan fingerprint density at radius 1 is 1.05 bits per heavy atom. The second-order valence-corrected chi connectivity index (χ2v) is 5.21. The molecule has 0 fully saturated rings. The minimum absolute atomic E-state index is 0.763. The van der Waals surface area contributed by atoms with E-state index in [2.05, 4.69) is 48.6 Å². The third kappa shape index (κ3) is 2.51. The number of anilines is 1. The van der Waals surface area contributed by atoms with E-state index in [-0.39, 0.29) is 0 Å². The van der Waals surface area contributed by atoms with Crippen molar-refractivity contribution >= 4 is 5.69 Å². The van der Waals surface area contributed by atoms with Crippen LogP contribution in [-0.4, -0.2) is 13.2 Å². The van der Waals surface area contributed by atoms with Crippen molar-refractivity contribution in [2.45, 2.75) is 26.2 Å². The molecule has 1 aliphatic heterocycles. The van der Waals surface area contributed by atoms with Crippen LogP contribution < -0.4 is 10.1 Å². The van der Waals surface area contributed by atoms with Crippen molar-refractivity contribution in [1.82, 2.24) is 0 Å². The van der Waals surface area contributed by atoms with Crippen LogP contribution in [0.2, 0.25) is 0 Å². The first-order valence-corrected chi connectivity index (χ1v) is 7.48. The number of benzene rings is 2. The number of hydrogen-bond acceptors (Lipinski definition) is 2. The van der Waals surface area contributed by atoms with E-state index in [4.69, 9.17) is 4.74 Å². The summed E-state index contributed by atoms with van der Waals surface area (Å²) in [5.74, 6) is 0.982.